The quantitative estimate of drug-likeness (QED) is 0.616. The summed E-state index contributed by atoms with van der Waals surface area (Å²) in [4.78, 5) is 27.5. The van der Waals surface area contributed by atoms with E-state index in [1.54, 1.807) is 0 Å². The minimum absolute atomic E-state index is 0.0185. The Morgan fingerprint density at radius 2 is 1.96 bits per heavy atom. The lowest BCUT2D eigenvalue weighted by Crippen LogP contribution is -2.62. The summed E-state index contributed by atoms with van der Waals surface area (Å²) in [7, 11) is 0. The summed E-state index contributed by atoms with van der Waals surface area (Å²) in [6.45, 7) is 8.73. The summed E-state index contributed by atoms with van der Waals surface area (Å²) in [5.41, 5.74) is 1.05. The highest BCUT2D eigenvalue weighted by Gasteiger charge is 2.38. The molecule has 2 aromatic rings. The van der Waals surface area contributed by atoms with Crippen molar-refractivity contribution in [2.24, 2.45) is 0 Å². The van der Waals surface area contributed by atoms with E-state index < -0.39 is 0 Å². The van der Waals surface area contributed by atoms with Crippen LogP contribution in [0.3, 0.4) is 0 Å². The fraction of sp³-hybridized carbons (Fsp3) is 0.625. The van der Waals surface area contributed by atoms with Gasteiger partial charge in [0.15, 0.2) is 11.5 Å². The van der Waals surface area contributed by atoms with Gasteiger partial charge in [-0.05, 0) is 52.1 Å². The molecule has 0 aliphatic carbocycles. The van der Waals surface area contributed by atoms with Crippen molar-refractivity contribution in [2.45, 2.75) is 57.7 Å². The Hall–Kier alpha value is -1.93. The molecule has 25 heavy (non-hydrogen) atoms. The third-order valence-electron chi connectivity index (χ3n) is 4.23. The lowest BCUT2D eigenvalue weighted by Gasteiger charge is -2.46. The fourth-order valence-corrected chi connectivity index (χ4v) is 3.97. The molecule has 1 aliphatic heterocycles. The van der Waals surface area contributed by atoms with Crippen LogP contribution in [0.2, 0.25) is 5.28 Å². The summed E-state index contributed by atoms with van der Waals surface area (Å²) in [5.74, 6) is 0.384. The second-order valence-corrected chi connectivity index (χ2v) is 8.20. The molecular weight excluding hydrogens is 342 g/mol. The van der Waals surface area contributed by atoms with Gasteiger partial charge in [0, 0.05) is 17.1 Å². The smallest absolute Gasteiger partial charge is 0.239 e. The first-order valence-corrected chi connectivity index (χ1v) is 8.71. The van der Waals surface area contributed by atoms with Crippen LogP contribution in [0.1, 0.15) is 40.5 Å². The molecule has 1 fully saturated rings. The molecule has 1 saturated heterocycles. The molecule has 3 rings (SSSR count). The molecule has 1 amide bonds. The molecule has 0 aromatic carbocycles. The van der Waals surface area contributed by atoms with E-state index in [2.05, 4.69) is 63.6 Å². The Balaban J connectivity index is 1.62. The van der Waals surface area contributed by atoms with E-state index in [-0.39, 0.29) is 34.9 Å². The predicted molar refractivity (Wildman–Crippen MR) is 97.6 cm³/mol. The second-order valence-electron chi connectivity index (χ2n) is 7.86. The van der Waals surface area contributed by atoms with Crippen LogP contribution in [0.25, 0.3) is 11.2 Å². The summed E-state index contributed by atoms with van der Waals surface area (Å²) < 4.78 is 0. The number of aromatic nitrogens is 4. The Kier molecular flexibility index (Phi) is 4.59. The van der Waals surface area contributed by atoms with E-state index in [0.29, 0.717) is 17.0 Å². The molecule has 4 N–H and O–H groups in total. The van der Waals surface area contributed by atoms with Crippen molar-refractivity contribution in [3.05, 3.63) is 11.6 Å². The molecule has 8 nitrogen and oxygen atoms in total. The summed E-state index contributed by atoms with van der Waals surface area (Å²) in [6, 6.07) is 0.127. The number of aromatic amines is 1. The van der Waals surface area contributed by atoms with Gasteiger partial charge in [-0.1, -0.05) is 0 Å². The monoisotopic (exact) mass is 365 g/mol. The number of fused-ring (bicyclic) bond motifs is 1. The maximum Gasteiger partial charge on any atom is 0.239 e. The number of anilines is 1. The van der Waals surface area contributed by atoms with Gasteiger partial charge in [-0.15, -0.1) is 0 Å². The van der Waals surface area contributed by atoms with Crippen molar-refractivity contribution in [3.63, 3.8) is 0 Å². The van der Waals surface area contributed by atoms with E-state index in [4.69, 9.17) is 11.6 Å². The first-order valence-electron chi connectivity index (χ1n) is 8.33. The zero-order chi connectivity index (χ0) is 18.2. The molecule has 0 radical (unpaired) electrons. The average molecular weight is 366 g/mol. The summed E-state index contributed by atoms with van der Waals surface area (Å²) in [6.07, 6.45) is 3.28. The second kappa shape index (κ2) is 6.42. The normalized spacial score (nSPS) is 19.7. The number of halogens is 1. The molecular formula is C16H24ClN7O. The lowest BCUT2D eigenvalue weighted by atomic mass is 9.79. The van der Waals surface area contributed by atoms with E-state index in [1.165, 1.54) is 6.33 Å². The number of nitrogens with one attached hydrogen (secondary N) is 4. The van der Waals surface area contributed by atoms with E-state index in [0.717, 1.165) is 12.8 Å². The Bertz CT molecular complexity index is 770. The first-order chi connectivity index (χ1) is 11.6. The standard InChI is InChI=1S/C16H24ClN7O/c1-15(2)5-9(6-16(3,4)24-15)21-10(25)7-18-12-11-13(20-8-19-11)23-14(17)22-12/h8-9,24H,5-7H2,1-4H3,(H,21,25)(H2,18,19,20,22,23). The topological polar surface area (TPSA) is 108 Å². The molecule has 2 aromatic heterocycles. The van der Waals surface area contributed by atoms with Crippen LogP contribution in [0, 0.1) is 0 Å². The summed E-state index contributed by atoms with van der Waals surface area (Å²) >= 11 is 5.89. The number of amides is 1. The maximum atomic E-state index is 12.4. The van der Waals surface area contributed by atoms with Gasteiger partial charge in [-0.3, -0.25) is 4.79 Å². The van der Waals surface area contributed by atoms with Gasteiger partial charge < -0.3 is 20.9 Å². The first kappa shape index (κ1) is 17.9. The van der Waals surface area contributed by atoms with Gasteiger partial charge in [-0.25, -0.2) is 4.98 Å². The van der Waals surface area contributed by atoms with Crippen LogP contribution in [-0.2, 0) is 4.79 Å². The highest BCUT2D eigenvalue weighted by molar-refractivity contribution is 6.28. The minimum atomic E-state index is -0.0825. The van der Waals surface area contributed by atoms with Crippen molar-refractivity contribution in [3.8, 4) is 0 Å². The van der Waals surface area contributed by atoms with Crippen LogP contribution in [0.15, 0.2) is 6.33 Å². The van der Waals surface area contributed by atoms with Crippen LogP contribution in [-0.4, -0.2) is 49.5 Å². The van der Waals surface area contributed by atoms with Gasteiger partial charge in [-0.2, -0.15) is 9.97 Å². The Morgan fingerprint density at radius 1 is 1.28 bits per heavy atom. The SMILES string of the molecule is CC1(C)CC(NC(=O)CNc2nc(Cl)nc3nc[nH]c23)CC(C)(C)N1. The van der Waals surface area contributed by atoms with Crippen molar-refractivity contribution >= 4 is 34.5 Å². The molecule has 0 spiro atoms. The number of hydrogen-bond donors (Lipinski definition) is 4. The highest BCUT2D eigenvalue weighted by Crippen LogP contribution is 2.28. The number of rotatable bonds is 4. The van der Waals surface area contributed by atoms with Crippen molar-refractivity contribution in [1.82, 2.24) is 30.6 Å². The summed E-state index contributed by atoms with van der Waals surface area (Å²) in [5, 5.41) is 9.82. The minimum Gasteiger partial charge on any atom is -0.359 e. The van der Waals surface area contributed by atoms with Gasteiger partial charge in [0.25, 0.3) is 0 Å². The third-order valence-corrected chi connectivity index (χ3v) is 4.40. The van der Waals surface area contributed by atoms with Gasteiger partial charge >= 0.3 is 0 Å². The van der Waals surface area contributed by atoms with Crippen LogP contribution in [0.5, 0.6) is 0 Å². The Labute approximate surface area is 151 Å². The number of carbonyl (C=O) groups is 1. The molecule has 3 heterocycles. The number of carbonyl (C=O) groups excluding carboxylic acids is 1. The molecule has 0 unspecified atom stereocenters. The largest absolute Gasteiger partial charge is 0.359 e. The maximum absolute atomic E-state index is 12.4. The molecule has 136 valence electrons. The third kappa shape index (κ3) is 4.38. The fourth-order valence-electron chi connectivity index (χ4n) is 3.80. The van der Waals surface area contributed by atoms with Gasteiger partial charge in [0.1, 0.15) is 5.52 Å². The van der Waals surface area contributed by atoms with Crippen LogP contribution >= 0.6 is 11.6 Å². The van der Waals surface area contributed by atoms with Crippen LogP contribution < -0.4 is 16.0 Å². The Morgan fingerprint density at radius 3 is 2.64 bits per heavy atom. The number of H-pyrrole nitrogens is 1. The number of piperidine rings is 1. The lowest BCUT2D eigenvalue weighted by molar-refractivity contribution is -0.120. The average Bonchev–Trinajstić information content (AvgIpc) is 2.89. The van der Waals surface area contributed by atoms with E-state index >= 15 is 0 Å². The van der Waals surface area contributed by atoms with Crippen molar-refractivity contribution < 1.29 is 4.79 Å². The number of nitrogens with zero attached hydrogens (tertiary/aromatic N) is 3. The number of imidazole rings is 1. The number of hydrogen-bond acceptors (Lipinski definition) is 6. The zero-order valence-corrected chi connectivity index (χ0v) is 15.7. The van der Waals surface area contributed by atoms with Crippen molar-refractivity contribution in [2.75, 3.05) is 11.9 Å². The molecule has 1 aliphatic rings. The molecule has 9 heteroatoms. The molecule has 0 atom stereocenters. The van der Waals surface area contributed by atoms with E-state index in [9.17, 15) is 4.79 Å². The highest BCUT2D eigenvalue weighted by atomic mass is 35.5. The van der Waals surface area contributed by atoms with Crippen LogP contribution in [0.4, 0.5) is 5.82 Å². The van der Waals surface area contributed by atoms with Crippen molar-refractivity contribution in [1.29, 1.82) is 0 Å². The van der Waals surface area contributed by atoms with E-state index in [1.807, 2.05) is 0 Å². The van der Waals surface area contributed by atoms with Gasteiger partial charge in [0.05, 0.1) is 12.9 Å². The molecule has 0 saturated carbocycles. The predicted octanol–water partition coefficient (Wildman–Crippen LogP) is 1.84. The molecule has 0 bridgehead atoms. The zero-order valence-electron chi connectivity index (χ0n) is 14.9. The van der Waals surface area contributed by atoms with Gasteiger partial charge in [0.2, 0.25) is 11.2 Å².